The van der Waals surface area contributed by atoms with Crippen LogP contribution in [0.2, 0.25) is 0 Å². The predicted molar refractivity (Wildman–Crippen MR) is 71.9 cm³/mol. The molecule has 0 amide bonds. The van der Waals surface area contributed by atoms with Crippen LogP contribution in [0.15, 0.2) is 16.5 Å². The molecule has 0 aliphatic rings. The van der Waals surface area contributed by atoms with Crippen molar-refractivity contribution in [1.82, 2.24) is 0 Å². The molecular weight excluding hydrogens is 250 g/mol. The maximum absolute atomic E-state index is 11.6. The number of hydrogen-bond donors (Lipinski definition) is 1. The Morgan fingerprint density at radius 1 is 1.50 bits per heavy atom. The molecule has 0 radical (unpaired) electrons. The summed E-state index contributed by atoms with van der Waals surface area (Å²) in [6, 6.07) is 3.78. The highest BCUT2D eigenvalue weighted by Crippen LogP contribution is 2.39. The second-order valence-electron chi connectivity index (χ2n) is 3.91. The van der Waals surface area contributed by atoms with E-state index in [2.05, 4.69) is 0 Å². The molecule has 0 fully saturated rings. The van der Waals surface area contributed by atoms with Crippen molar-refractivity contribution < 1.29 is 13.9 Å². The Morgan fingerprint density at radius 3 is 2.72 bits per heavy atom. The molecule has 0 aliphatic carbocycles. The number of furan rings is 1. The van der Waals surface area contributed by atoms with Gasteiger partial charge in [-0.05, 0) is 31.0 Å². The minimum atomic E-state index is -0.401. The zero-order chi connectivity index (χ0) is 13.3. The Labute approximate surface area is 109 Å². The highest BCUT2D eigenvalue weighted by Gasteiger charge is 2.22. The maximum Gasteiger partial charge on any atom is 0.350 e. The first-order chi connectivity index (χ1) is 8.58. The largest absolute Gasteiger partial charge is 0.465 e. The predicted octanol–water partition coefficient (Wildman–Crippen LogP) is 3.25. The number of aryl methyl sites for hydroxylation is 1. The number of ether oxygens (including phenoxy) is 1. The molecule has 2 heterocycles. The minimum absolute atomic E-state index is 0.401. The first kappa shape index (κ1) is 12.7. The number of carbonyl (C=O) groups excluding carboxylic acids is 1. The van der Waals surface area contributed by atoms with Crippen molar-refractivity contribution in [3.8, 4) is 10.6 Å². The van der Waals surface area contributed by atoms with Crippen molar-refractivity contribution in [2.45, 2.75) is 20.3 Å². The maximum atomic E-state index is 11.6. The van der Waals surface area contributed by atoms with Crippen molar-refractivity contribution in [3.05, 3.63) is 28.3 Å². The van der Waals surface area contributed by atoms with Crippen LogP contribution in [-0.4, -0.2) is 13.1 Å². The Balaban J connectivity index is 2.57. The standard InChI is InChI=1S/C13H15NO3S/c1-4-8-10(14)12(13(15)16-3)18-11(8)9-6-5-7(2)17-9/h5-6H,4,14H2,1-3H3. The van der Waals surface area contributed by atoms with Gasteiger partial charge in [0.1, 0.15) is 16.4 Å². The number of methoxy groups -OCH3 is 1. The first-order valence-corrected chi connectivity index (χ1v) is 6.46. The van der Waals surface area contributed by atoms with Crippen molar-refractivity contribution in [3.63, 3.8) is 0 Å². The summed E-state index contributed by atoms with van der Waals surface area (Å²) in [5.41, 5.74) is 7.44. The normalized spacial score (nSPS) is 10.6. The Morgan fingerprint density at radius 2 is 2.22 bits per heavy atom. The quantitative estimate of drug-likeness (QED) is 0.865. The van der Waals surface area contributed by atoms with Gasteiger partial charge in [0.2, 0.25) is 0 Å². The Hall–Kier alpha value is -1.75. The molecule has 0 bridgehead atoms. The van der Waals surface area contributed by atoms with Crippen molar-refractivity contribution in [2.24, 2.45) is 0 Å². The van der Waals surface area contributed by atoms with E-state index in [1.165, 1.54) is 18.4 Å². The molecule has 0 saturated carbocycles. The SMILES string of the molecule is CCc1c(-c2ccc(C)o2)sc(C(=O)OC)c1N. The summed E-state index contributed by atoms with van der Waals surface area (Å²) >= 11 is 1.32. The van der Waals surface area contributed by atoms with E-state index in [1.54, 1.807) is 0 Å². The molecule has 0 atom stereocenters. The van der Waals surface area contributed by atoms with E-state index in [0.717, 1.165) is 28.4 Å². The number of esters is 1. The summed E-state index contributed by atoms with van der Waals surface area (Å²) in [6.07, 6.45) is 0.744. The molecule has 0 spiro atoms. The van der Waals surface area contributed by atoms with E-state index in [9.17, 15) is 4.79 Å². The summed E-state index contributed by atoms with van der Waals surface area (Å²) in [6.45, 7) is 3.88. The number of anilines is 1. The molecule has 2 N–H and O–H groups in total. The lowest BCUT2D eigenvalue weighted by Crippen LogP contribution is -2.02. The van der Waals surface area contributed by atoms with Crippen LogP contribution in [0.4, 0.5) is 5.69 Å². The molecule has 4 nitrogen and oxygen atoms in total. The zero-order valence-corrected chi connectivity index (χ0v) is 11.4. The monoisotopic (exact) mass is 265 g/mol. The van der Waals surface area contributed by atoms with Gasteiger partial charge in [-0.3, -0.25) is 0 Å². The smallest absolute Gasteiger partial charge is 0.350 e. The lowest BCUT2D eigenvalue weighted by Gasteiger charge is -1.99. The number of hydrogen-bond acceptors (Lipinski definition) is 5. The number of nitrogens with two attached hydrogens (primary N) is 1. The van der Waals surface area contributed by atoms with E-state index < -0.39 is 5.97 Å². The number of thiophene rings is 1. The molecular formula is C13H15NO3S. The van der Waals surface area contributed by atoms with E-state index in [4.69, 9.17) is 14.9 Å². The van der Waals surface area contributed by atoms with Crippen molar-refractivity contribution >= 4 is 23.0 Å². The van der Waals surface area contributed by atoms with Crippen LogP contribution in [0.1, 0.15) is 27.9 Å². The lowest BCUT2D eigenvalue weighted by molar-refractivity contribution is 0.0607. The summed E-state index contributed by atoms with van der Waals surface area (Å²) < 4.78 is 10.3. The molecule has 0 saturated heterocycles. The molecule has 2 aromatic rings. The fourth-order valence-electron chi connectivity index (χ4n) is 1.83. The van der Waals surface area contributed by atoms with Crippen LogP contribution in [0.25, 0.3) is 10.6 Å². The fraction of sp³-hybridized carbons (Fsp3) is 0.308. The molecule has 2 aromatic heterocycles. The summed E-state index contributed by atoms with van der Waals surface area (Å²) in [5, 5.41) is 0. The first-order valence-electron chi connectivity index (χ1n) is 5.64. The van der Waals surface area contributed by atoms with Crippen LogP contribution >= 0.6 is 11.3 Å². The second kappa shape index (κ2) is 4.86. The van der Waals surface area contributed by atoms with E-state index >= 15 is 0 Å². The van der Waals surface area contributed by atoms with Crippen molar-refractivity contribution in [1.29, 1.82) is 0 Å². The topological polar surface area (TPSA) is 65.5 Å². The van der Waals surface area contributed by atoms with E-state index in [1.807, 2.05) is 26.0 Å². The van der Waals surface area contributed by atoms with Gasteiger partial charge in [-0.2, -0.15) is 0 Å². The molecule has 0 aliphatic heterocycles. The van der Waals surface area contributed by atoms with Crippen LogP contribution in [0.5, 0.6) is 0 Å². The van der Waals surface area contributed by atoms with Crippen molar-refractivity contribution in [2.75, 3.05) is 12.8 Å². The molecule has 2 rings (SSSR count). The van der Waals surface area contributed by atoms with Crippen LogP contribution in [0.3, 0.4) is 0 Å². The van der Waals surface area contributed by atoms with E-state index in [0.29, 0.717) is 10.6 Å². The Bertz CT molecular complexity index is 583. The average molecular weight is 265 g/mol. The molecule has 96 valence electrons. The van der Waals surface area contributed by atoms with E-state index in [-0.39, 0.29) is 0 Å². The highest BCUT2D eigenvalue weighted by molar-refractivity contribution is 7.18. The van der Waals surface area contributed by atoms with Gasteiger partial charge in [-0.15, -0.1) is 11.3 Å². The molecule has 5 heteroatoms. The third kappa shape index (κ3) is 2.01. The second-order valence-corrected chi connectivity index (χ2v) is 4.93. The number of nitrogen functional groups attached to an aromatic ring is 1. The lowest BCUT2D eigenvalue weighted by atomic mass is 10.1. The van der Waals surface area contributed by atoms with Gasteiger partial charge >= 0.3 is 5.97 Å². The highest BCUT2D eigenvalue weighted by atomic mass is 32.1. The van der Waals surface area contributed by atoms with Crippen LogP contribution in [-0.2, 0) is 11.2 Å². The summed E-state index contributed by atoms with van der Waals surface area (Å²) in [7, 11) is 1.35. The van der Waals surface area contributed by atoms with Gasteiger partial charge in [0.05, 0.1) is 17.7 Å². The molecule has 18 heavy (non-hydrogen) atoms. The van der Waals surface area contributed by atoms with Gasteiger partial charge in [-0.1, -0.05) is 6.92 Å². The summed E-state index contributed by atoms with van der Waals surface area (Å²) in [5.74, 6) is 1.18. The van der Waals surface area contributed by atoms with Gasteiger partial charge in [0, 0.05) is 0 Å². The number of carbonyl (C=O) groups is 1. The minimum Gasteiger partial charge on any atom is -0.465 e. The molecule has 0 unspecified atom stereocenters. The van der Waals surface area contributed by atoms with Gasteiger partial charge in [-0.25, -0.2) is 4.79 Å². The zero-order valence-electron chi connectivity index (χ0n) is 10.6. The molecule has 0 aromatic carbocycles. The Kier molecular flexibility index (Phi) is 3.43. The fourth-order valence-corrected chi connectivity index (χ4v) is 3.02. The van der Waals surface area contributed by atoms with Gasteiger partial charge in [0.25, 0.3) is 0 Å². The number of rotatable bonds is 3. The average Bonchev–Trinajstić information content (AvgIpc) is 2.92. The van der Waals surface area contributed by atoms with Gasteiger partial charge < -0.3 is 14.9 Å². The van der Waals surface area contributed by atoms with Crippen LogP contribution in [0, 0.1) is 6.92 Å². The third-order valence-electron chi connectivity index (χ3n) is 2.74. The van der Waals surface area contributed by atoms with Crippen LogP contribution < -0.4 is 5.73 Å². The summed E-state index contributed by atoms with van der Waals surface area (Å²) in [4.78, 5) is 13.0. The van der Waals surface area contributed by atoms with Gasteiger partial charge in [0.15, 0.2) is 0 Å². The third-order valence-corrected chi connectivity index (χ3v) is 3.98.